The van der Waals surface area contributed by atoms with Crippen LogP contribution in [0.1, 0.15) is 18.9 Å². The Hall–Kier alpha value is -2.46. The van der Waals surface area contributed by atoms with E-state index in [0.717, 1.165) is 28.8 Å². The smallest absolute Gasteiger partial charge is 0.416 e. The van der Waals surface area contributed by atoms with Crippen LogP contribution >= 0.6 is 11.6 Å². The summed E-state index contributed by atoms with van der Waals surface area (Å²) < 4.78 is 68.5. The number of rotatable bonds is 7. The lowest BCUT2D eigenvalue weighted by Gasteiger charge is -2.20. The summed E-state index contributed by atoms with van der Waals surface area (Å²) >= 11 is 5.91. The Kier molecular flexibility index (Phi) is 7.25. The number of hydrogen-bond acceptors (Lipinski definition) is 4. The summed E-state index contributed by atoms with van der Waals surface area (Å²) in [6, 6.07) is 8.62. The van der Waals surface area contributed by atoms with Crippen LogP contribution < -0.4 is 14.4 Å². The van der Waals surface area contributed by atoms with Crippen LogP contribution in [0.3, 0.4) is 0 Å². The Morgan fingerprint density at radius 2 is 1.80 bits per heavy atom. The number of hydrogen-bond donors (Lipinski definition) is 1. The molecule has 0 saturated carbocycles. The van der Waals surface area contributed by atoms with Crippen molar-refractivity contribution in [3.8, 4) is 5.75 Å². The quantitative estimate of drug-likeness (QED) is 0.652. The Bertz CT molecular complexity index is 1010. The topological polar surface area (TPSA) is 75.7 Å². The van der Waals surface area contributed by atoms with Gasteiger partial charge in [0.25, 0.3) is 5.91 Å². The van der Waals surface area contributed by atoms with Gasteiger partial charge in [-0.25, -0.2) is 8.42 Å². The SMILES string of the molecule is CCC(Oc1ccc(N(C)S(C)(=O)=O)cc1)C(=O)Nc1cc(C(F)(F)F)ccc1Cl. The van der Waals surface area contributed by atoms with Gasteiger partial charge >= 0.3 is 6.18 Å². The molecule has 30 heavy (non-hydrogen) atoms. The molecule has 2 rings (SSSR count). The zero-order chi connectivity index (χ0) is 22.7. The van der Waals surface area contributed by atoms with Gasteiger partial charge in [0.05, 0.1) is 28.2 Å². The fourth-order valence-electron chi connectivity index (χ4n) is 2.42. The number of carbonyl (C=O) groups is 1. The van der Waals surface area contributed by atoms with Gasteiger partial charge in [0.15, 0.2) is 6.10 Å². The van der Waals surface area contributed by atoms with Crippen LogP contribution in [-0.4, -0.2) is 33.7 Å². The van der Waals surface area contributed by atoms with Gasteiger partial charge in [-0.1, -0.05) is 18.5 Å². The molecule has 0 bridgehead atoms. The van der Waals surface area contributed by atoms with Crippen LogP contribution in [0.5, 0.6) is 5.75 Å². The monoisotopic (exact) mass is 464 g/mol. The number of anilines is 2. The van der Waals surface area contributed by atoms with Gasteiger partial charge in [0, 0.05) is 7.05 Å². The van der Waals surface area contributed by atoms with Gasteiger partial charge in [-0.15, -0.1) is 0 Å². The van der Waals surface area contributed by atoms with Crippen molar-refractivity contribution in [2.45, 2.75) is 25.6 Å². The van der Waals surface area contributed by atoms with Crippen molar-refractivity contribution in [2.24, 2.45) is 0 Å². The van der Waals surface area contributed by atoms with Gasteiger partial charge < -0.3 is 10.1 Å². The summed E-state index contributed by atoms with van der Waals surface area (Å²) in [7, 11) is -2.03. The van der Waals surface area contributed by atoms with E-state index in [1.165, 1.54) is 31.3 Å². The lowest BCUT2D eigenvalue weighted by molar-refractivity contribution is -0.137. The number of amides is 1. The molecule has 11 heteroatoms. The number of carbonyl (C=O) groups excluding carboxylic acids is 1. The summed E-state index contributed by atoms with van der Waals surface area (Å²) in [6.45, 7) is 1.67. The summed E-state index contributed by atoms with van der Waals surface area (Å²) in [5.41, 5.74) is -0.719. The molecule has 0 aliphatic heterocycles. The van der Waals surface area contributed by atoms with E-state index in [1.54, 1.807) is 6.92 Å². The number of halogens is 4. The van der Waals surface area contributed by atoms with E-state index in [2.05, 4.69) is 5.32 Å². The molecule has 1 amide bonds. The first-order chi connectivity index (χ1) is 13.8. The van der Waals surface area contributed by atoms with Crippen LogP contribution in [0.2, 0.25) is 5.02 Å². The predicted octanol–water partition coefficient (Wildman–Crippen LogP) is 4.55. The molecule has 0 aromatic heterocycles. The first kappa shape index (κ1) is 23.8. The number of nitrogens with zero attached hydrogens (tertiary/aromatic N) is 1. The predicted molar refractivity (Wildman–Crippen MR) is 109 cm³/mol. The standard InChI is InChI=1S/C19H20ClF3N2O4S/c1-4-17(29-14-8-6-13(7-9-14)25(2)30(3,27)28)18(26)24-16-11-12(19(21,22)23)5-10-15(16)20/h5-11,17H,4H2,1-3H3,(H,24,26). The summed E-state index contributed by atoms with van der Waals surface area (Å²) in [6.07, 6.45) is -4.29. The fraction of sp³-hybridized carbons (Fsp3) is 0.316. The first-order valence-corrected chi connectivity index (χ1v) is 10.9. The van der Waals surface area contributed by atoms with Crippen molar-refractivity contribution in [2.75, 3.05) is 22.9 Å². The molecule has 0 fully saturated rings. The van der Waals surface area contributed by atoms with Gasteiger partial charge in [-0.05, 0) is 48.9 Å². The highest BCUT2D eigenvalue weighted by Crippen LogP contribution is 2.34. The van der Waals surface area contributed by atoms with E-state index >= 15 is 0 Å². The maximum absolute atomic E-state index is 12.9. The molecule has 0 aliphatic rings. The maximum Gasteiger partial charge on any atom is 0.416 e. The molecule has 0 spiro atoms. The average molecular weight is 465 g/mol. The molecule has 1 N–H and O–H groups in total. The van der Waals surface area contributed by atoms with Crippen molar-refractivity contribution in [3.63, 3.8) is 0 Å². The van der Waals surface area contributed by atoms with E-state index in [-0.39, 0.29) is 22.9 Å². The number of nitrogens with one attached hydrogen (secondary N) is 1. The number of alkyl halides is 3. The summed E-state index contributed by atoms with van der Waals surface area (Å²) in [5, 5.41) is 2.32. The van der Waals surface area contributed by atoms with Crippen LogP contribution in [0.4, 0.5) is 24.5 Å². The van der Waals surface area contributed by atoms with Crippen molar-refractivity contribution in [3.05, 3.63) is 53.1 Å². The first-order valence-electron chi connectivity index (χ1n) is 8.71. The number of ether oxygens (including phenoxy) is 1. The molecule has 0 saturated heterocycles. The molecule has 1 atom stereocenters. The molecule has 0 aliphatic carbocycles. The summed E-state index contributed by atoms with van der Waals surface area (Å²) in [5.74, 6) is -0.381. The van der Waals surface area contributed by atoms with E-state index in [1.807, 2.05) is 0 Å². The molecule has 6 nitrogen and oxygen atoms in total. The third-order valence-electron chi connectivity index (χ3n) is 4.19. The lowest BCUT2D eigenvalue weighted by Crippen LogP contribution is -2.32. The van der Waals surface area contributed by atoms with Gasteiger partial charge in [0.2, 0.25) is 10.0 Å². The van der Waals surface area contributed by atoms with E-state index < -0.39 is 33.8 Å². The van der Waals surface area contributed by atoms with E-state index in [4.69, 9.17) is 16.3 Å². The third-order valence-corrected chi connectivity index (χ3v) is 5.73. The lowest BCUT2D eigenvalue weighted by atomic mass is 10.1. The molecule has 164 valence electrons. The molecule has 0 radical (unpaired) electrons. The van der Waals surface area contributed by atoms with Crippen molar-refractivity contribution in [1.82, 2.24) is 0 Å². The molecule has 0 heterocycles. The normalized spacial score (nSPS) is 12.9. The highest BCUT2D eigenvalue weighted by Gasteiger charge is 2.31. The van der Waals surface area contributed by atoms with Crippen molar-refractivity contribution in [1.29, 1.82) is 0 Å². The zero-order valence-electron chi connectivity index (χ0n) is 16.3. The Morgan fingerprint density at radius 3 is 2.30 bits per heavy atom. The Labute approximate surface area is 177 Å². The number of sulfonamides is 1. The minimum absolute atomic E-state index is 0.0423. The van der Waals surface area contributed by atoms with Crippen LogP contribution in [-0.2, 0) is 21.0 Å². The highest BCUT2D eigenvalue weighted by molar-refractivity contribution is 7.92. The molecule has 1 unspecified atom stereocenters. The average Bonchev–Trinajstić information content (AvgIpc) is 2.66. The molecule has 2 aromatic rings. The van der Waals surface area contributed by atoms with E-state index in [0.29, 0.717) is 5.69 Å². The largest absolute Gasteiger partial charge is 0.481 e. The van der Waals surface area contributed by atoms with Gasteiger partial charge in [0.1, 0.15) is 5.75 Å². The van der Waals surface area contributed by atoms with Crippen molar-refractivity contribution < 1.29 is 31.1 Å². The Balaban J connectivity index is 2.14. The Morgan fingerprint density at radius 1 is 1.20 bits per heavy atom. The highest BCUT2D eigenvalue weighted by atomic mass is 35.5. The minimum Gasteiger partial charge on any atom is -0.481 e. The minimum atomic E-state index is -4.58. The van der Waals surface area contributed by atoms with Gasteiger partial charge in [-0.2, -0.15) is 13.2 Å². The van der Waals surface area contributed by atoms with Crippen LogP contribution in [0, 0.1) is 0 Å². The van der Waals surface area contributed by atoms with Crippen LogP contribution in [0.25, 0.3) is 0 Å². The number of benzene rings is 2. The van der Waals surface area contributed by atoms with Gasteiger partial charge in [-0.3, -0.25) is 9.10 Å². The molecule has 2 aromatic carbocycles. The second-order valence-electron chi connectivity index (χ2n) is 6.42. The van der Waals surface area contributed by atoms with E-state index in [9.17, 15) is 26.4 Å². The second-order valence-corrected chi connectivity index (χ2v) is 8.84. The van der Waals surface area contributed by atoms with Crippen LogP contribution in [0.15, 0.2) is 42.5 Å². The fourth-order valence-corrected chi connectivity index (χ4v) is 3.09. The molecular formula is C19H20ClF3N2O4S. The summed E-state index contributed by atoms with van der Waals surface area (Å²) in [4.78, 5) is 12.5. The zero-order valence-corrected chi connectivity index (χ0v) is 17.9. The third kappa shape index (κ3) is 6.02. The molecular weight excluding hydrogens is 445 g/mol. The second kappa shape index (κ2) is 9.13. The maximum atomic E-state index is 12.9. The van der Waals surface area contributed by atoms with Crippen molar-refractivity contribution >= 4 is 38.9 Å².